The molecule has 3 nitrogen and oxygen atoms in total. The number of amides is 1. The van der Waals surface area contributed by atoms with E-state index in [1.54, 1.807) is 7.11 Å². The molecule has 4 rings (SSSR count). The predicted octanol–water partition coefficient (Wildman–Crippen LogP) is 3.10. The zero-order valence-corrected chi connectivity index (χ0v) is 12.5. The van der Waals surface area contributed by atoms with Gasteiger partial charge in [-0.15, -0.1) is 0 Å². The van der Waals surface area contributed by atoms with Crippen molar-refractivity contribution in [1.29, 1.82) is 0 Å². The van der Waals surface area contributed by atoms with Gasteiger partial charge in [-0.2, -0.15) is 0 Å². The maximum Gasteiger partial charge on any atom is 0.223 e. The van der Waals surface area contributed by atoms with Crippen LogP contribution in [-0.2, 0) is 4.79 Å². The molecule has 0 bridgehead atoms. The maximum atomic E-state index is 12.5. The highest BCUT2D eigenvalue weighted by Crippen LogP contribution is 2.49. The minimum atomic E-state index is 0.178. The first-order valence-corrected chi connectivity index (χ1v) is 8.20. The van der Waals surface area contributed by atoms with Gasteiger partial charge in [0.05, 0.1) is 7.11 Å². The van der Waals surface area contributed by atoms with E-state index >= 15 is 0 Å². The number of methoxy groups -OCH3 is 1. The van der Waals surface area contributed by atoms with E-state index in [1.807, 2.05) is 12.1 Å². The van der Waals surface area contributed by atoms with Gasteiger partial charge in [-0.05, 0) is 67.6 Å². The van der Waals surface area contributed by atoms with E-state index in [0.717, 1.165) is 24.0 Å². The Balaban J connectivity index is 1.38. The summed E-state index contributed by atoms with van der Waals surface area (Å²) in [6.45, 7) is 0. The van der Waals surface area contributed by atoms with Gasteiger partial charge in [-0.25, -0.2) is 0 Å². The summed E-state index contributed by atoms with van der Waals surface area (Å²) in [5.41, 5.74) is 1.24. The number of carbonyl (C=O) groups excluding carboxylic acids is 1. The van der Waals surface area contributed by atoms with E-state index in [4.69, 9.17) is 4.74 Å². The second-order valence-corrected chi connectivity index (χ2v) is 6.93. The fraction of sp³-hybridized carbons (Fsp3) is 0.611. The van der Waals surface area contributed by atoms with Crippen molar-refractivity contribution in [2.45, 2.75) is 44.1 Å². The minimum Gasteiger partial charge on any atom is -0.497 e. The molecule has 1 aromatic carbocycles. The van der Waals surface area contributed by atoms with E-state index in [1.165, 1.54) is 31.2 Å². The molecule has 3 heteroatoms. The molecule has 21 heavy (non-hydrogen) atoms. The maximum absolute atomic E-state index is 12.5. The topological polar surface area (TPSA) is 38.3 Å². The highest BCUT2D eigenvalue weighted by molar-refractivity contribution is 5.83. The molecule has 0 aromatic heterocycles. The third kappa shape index (κ3) is 2.78. The van der Waals surface area contributed by atoms with Crippen molar-refractivity contribution in [3.05, 3.63) is 29.8 Å². The second kappa shape index (κ2) is 5.04. The van der Waals surface area contributed by atoms with Crippen molar-refractivity contribution in [1.82, 2.24) is 5.32 Å². The van der Waals surface area contributed by atoms with Gasteiger partial charge in [0.15, 0.2) is 0 Å². The molecular weight excluding hydrogens is 262 g/mol. The summed E-state index contributed by atoms with van der Waals surface area (Å²) in [6.07, 6.45) is 6.23. The van der Waals surface area contributed by atoms with Gasteiger partial charge in [0.25, 0.3) is 0 Å². The van der Waals surface area contributed by atoms with Crippen LogP contribution in [0.15, 0.2) is 24.3 Å². The predicted molar refractivity (Wildman–Crippen MR) is 81.2 cm³/mol. The quantitative estimate of drug-likeness (QED) is 0.872. The van der Waals surface area contributed by atoms with Crippen molar-refractivity contribution in [3.8, 4) is 5.75 Å². The molecular formula is C18H23NO2. The summed E-state index contributed by atoms with van der Waals surface area (Å²) >= 11 is 0. The fourth-order valence-electron chi connectivity index (χ4n) is 3.53. The van der Waals surface area contributed by atoms with E-state index in [9.17, 15) is 4.79 Å². The molecule has 0 aliphatic heterocycles. The van der Waals surface area contributed by atoms with Crippen LogP contribution in [0.3, 0.4) is 0 Å². The van der Waals surface area contributed by atoms with Crippen LogP contribution in [0.4, 0.5) is 0 Å². The van der Waals surface area contributed by atoms with Crippen LogP contribution >= 0.6 is 0 Å². The summed E-state index contributed by atoms with van der Waals surface area (Å²) < 4.78 is 5.27. The number of hydrogen-bond donors (Lipinski definition) is 1. The number of nitrogens with one attached hydrogen (secondary N) is 1. The molecule has 0 heterocycles. The smallest absolute Gasteiger partial charge is 0.223 e. The lowest BCUT2D eigenvalue weighted by Crippen LogP contribution is -2.39. The first kappa shape index (κ1) is 13.2. The molecule has 3 aliphatic carbocycles. The Morgan fingerprint density at radius 1 is 1.24 bits per heavy atom. The van der Waals surface area contributed by atoms with Crippen molar-refractivity contribution < 1.29 is 9.53 Å². The molecule has 0 unspecified atom stereocenters. The van der Waals surface area contributed by atoms with Crippen LogP contribution in [0.1, 0.15) is 43.6 Å². The molecule has 1 aromatic rings. The fourth-order valence-corrected chi connectivity index (χ4v) is 3.53. The Labute approximate surface area is 126 Å². The first-order chi connectivity index (χ1) is 10.3. The third-order valence-corrected chi connectivity index (χ3v) is 5.22. The zero-order chi connectivity index (χ0) is 14.4. The normalized spacial score (nSPS) is 27.5. The lowest BCUT2D eigenvalue weighted by molar-refractivity contribution is -0.123. The van der Waals surface area contributed by atoms with Crippen LogP contribution in [0.25, 0.3) is 0 Å². The number of carbonyl (C=O) groups is 1. The van der Waals surface area contributed by atoms with E-state index in [0.29, 0.717) is 12.0 Å². The average Bonchev–Trinajstić information content (AvgIpc) is 3.40. The summed E-state index contributed by atoms with van der Waals surface area (Å²) in [7, 11) is 1.69. The zero-order valence-electron chi connectivity index (χ0n) is 12.5. The number of rotatable bonds is 6. The SMILES string of the molecule is COc1cccc([C@@H]2C[C@H]2C(=O)NC(C2CC2)C2CC2)c1. The van der Waals surface area contributed by atoms with E-state index < -0.39 is 0 Å². The molecule has 3 saturated carbocycles. The van der Waals surface area contributed by atoms with Gasteiger partial charge in [0.2, 0.25) is 5.91 Å². The van der Waals surface area contributed by atoms with Gasteiger partial charge < -0.3 is 10.1 Å². The molecule has 2 atom stereocenters. The summed E-state index contributed by atoms with van der Waals surface area (Å²) in [6, 6.07) is 8.62. The van der Waals surface area contributed by atoms with E-state index in [-0.39, 0.29) is 11.8 Å². The molecule has 112 valence electrons. The molecule has 3 aliphatic rings. The Bertz CT molecular complexity index is 536. The van der Waals surface area contributed by atoms with Crippen molar-refractivity contribution in [2.75, 3.05) is 7.11 Å². The van der Waals surface area contributed by atoms with Gasteiger partial charge in [-0.3, -0.25) is 4.79 Å². The van der Waals surface area contributed by atoms with Gasteiger partial charge in [-0.1, -0.05) is 12.1 Å². The van der Waals surface area contributed by atoms with Gasteiger partial charge in [0, 0.05) is 12.0 Å². The highest BCUT2D eigenvalue weighted by atomic mass is 16.5. The van der Waals surface area contributed by atoms with E-state index in [2.05, 4.69) is 17.4 Å². The average molecular weight is 285 g/mol. The molecule has 0 radical (unpaired) electrons. The first-order valence-electron chi connectivity index (χ1n) is 8.20. The number of benzene rings is 1. The van der Waals surface area contributed by atoms with Gasteiger partial charge in [0.1, 0.15) is 5.75 Å². The van der Waals surface area contributed by atoms with Crippen LogP contribution in [0, 0.1) is 17.8 Å². The lowest BCUT2D eigenvalue weighted by Gasteiger charge is -2.17. The van der Waals surface area contributed by atoms with Crippen LogP contribution in [0.5, 0.6) is 5.75 Å². The number of ether oxygens (including phenoxy) is 1. The number of hydrogen-bond acceptors (Lipinski definition) is 2. The highest BCUT2D eigenvalue weighted by Gasteiger charge is 2.48. The monoisotopic (exact) mass is 285 g/mol. The minimum absolute atomic E-state index is 0.178. The van der Waals surface area contributed by atoms with Crippen LogP contribution in [0.2, 0.25) is 0 Å². The van der Waals surface area contributed by atoms with Crippen LogP contribution < -0.4 is 10.1 Å². The summed E-state index contributed by atoms with van der Waals surface area (Å²) in [5, 5.41) is 3.36. The molecule has 1 amide bonds. The Morgan fingerprint density at radius 3 is 2.57 bits per heavy atom. The van der Waals surface area contributed by atoms with Crippen molar-refractivity contribution in [3.63, 3.8) is 0 Å². The van der Waals surface area contributed by atoms with Crippen molar-refractivity contribution >= 4 is 5.91 Å². The summed E-state index contributed by atoms with van der Waals surface area (Å²) in [5.74, 6) is 3.28. The second-order valence-electron chi connectivity index (χ2n) is 6.93. The molecule has 3 fully saturated rings. The van der Waals surface area contributed by atoms with Crippen molar-refractivity contribution in [2.24, 2.45) is 17.8 Å². The lowest BCUT2D eigenvalue weighted by atomic mass is 10.1. The Kier molecular flexibility index (Phi) is 3.16. The molecule has 0 spiro atoms. The largest absolute Gasteiger partial charge is 0.497 e. The Hall–Kier alpha value is -1.51. The molecule has 0 saturated heterocycles. The summed E-state index contributed by atoms with van der Waals surface area (Å²) in [4.78, 5) is 12.5. The standard InChI is InChI=1S/C18H23NO2/c1-21-14-4-2-3-13(9-14)15-10-16(15)18(20)19-17(11-5-6-11)12-7-8-12/h2-4,9,11-12,15-17H,5-8,10H2,1H3,(H,19,20)/t15-,16+/m0/s1. The molecule has 1 N–H and O–H groups in total. The third-order valence-electron chi connectivity index (χ3n) is 5.22. The van der Waals surface area contributed by atoms with Crippen LogP contribution in [-0.4, -0.2) is 19.1 Å². The van der Waals surface area contributed by atoms with Gasteiger partial charge >= 0.3 is 0 Å². The Morgan fingerprint density at radius 2 is 1.95 bits per heavy atom.